The highest BCUT2D eigenvalue weighted by atomic mass is 31.2. The average Bonchev–Trinajstić information content (AvgIpc) is 3.18. The molecule has 0 aromatic heterocycles. The van der Waals surface area contributed by atoms with Crippen LogP contribution < -0.4 is 0 Å². The van der Waals surface area contributed by atoms with Crippen LogP contribution in [0.25, 0.3) is 0 Å². The van der Waals surface area contributed by atoms with Crippen molar-refractivity contribution in [1.29, 1.82) is 0 Å². The summed E-state index contributed by atoms with van der Waals surface area (Å²) < 4.78 is 34.6. The van der Waals surface area contributed by atoms with Crippen LogP contribution in [0.3, 0.4) is 0 Å². The standard InChI is InChI=1S/C48H82NO9P/c1-6-8-10-11-12-13-14-15-16-17-18-19-20-23-28-34-41-55-47(44-58-59(53,54)57-42-40-49(3,4)5)43-56-48(52)39-33-25-22-21-24-30-36-46(51)38-32-27-26-31-37-45(50)35-29-9-7-2/h9,13-14,22,24-27,29-32,34,37-38,41,45-47,50-51H,6-8,10-12,15-21,23,28,33,35-36,39-40,42-44H2,1-5H3/p+1/b14-13-,25-22-,27-26-,29-9-,30-24-,37-31+,38-32+,41-34+/t45-,46+,47-/m1/s1. The lowest BCUT2D eigenvalue weighted by atomic mass is 10.1. The zero-order valence-electron chi connectivity index (χ0n) is 37.4. The Morgan fingerprint density at radius 2 is 1.19 bits per heavy atom. The molecule has 10 nitrogen and oxygen atoms in total. The minimum atomic E-state index is -4.32. The molecule has 0 amide bonds. The first-order valence-corrected chi connectivity index (χ1v) is 23.7. The molecule has 0 fully saturated rings. The predicted octanol–water partition coefficient (Wildman–Crippen LogP) is 11.3. The Labute approximate surface area is 359 Å². The molecule has 3 N–H and O–H groups in total. The van der Waals surface area contributed by atoms with Gasteiger partial charge < -0.3 is 29.1 Å². The van der Waals surface area contributed by atoms with Gasteiger partial charge in [0.1, 0.15) is 19.8 Å². The molecular formula is C48H83NO9P+. The maximum absolute atomic E-state index is 12.5. The number of carbonyl (C=O) groups is 1. The molecule has 0 aromatic rings. The molecule has 0 aliphatic heterocycles. The van der Waals surface area contributed by atoms with E-state index in [0.29, 0.717) is 36.7 Å². The summed E-state index contributed by atoms with van der Waals surface area (Å²) in [7, 11) is 1.55. The number of aliphatic hydroxyl groups excluding tert-OH is 2. The Balaban J connectivity index is 4.54. The minimum Gasteiger partial charge on any atom is -0.492 e. The zero-order chi connectivity index (χ0) is 43.7. The maximum atomic E-state index is 12.5. The normalized spacial score (nSPS) is 15.7. The van der Waals surface area contributed by atoms with E-state index in [9.17, 15) is 24.5 Å². The van der Waals surface area contributed by atoms with Gasteiger partial charge in [0.2, 0.25) is 0 Å². The summed E-state index contributed by atoms with van der Waals surface area (Å²) >= 11 is 0. The third-order valence-electron chi connectivity index (χ3n) is 8.90. The van der Waals surface area contributed by atoms with Crippen LogP contribution in [-0.2, 0) is 27.9 Å². The van der Waals surface area contributed by atoms with Crippen LogP contribution in [0, 0.1) is 0 Å². The number of likely N-dealkylation sites (N-methyl/N-ethyl adjacent to an activating group) is 1. The molecule has 0 heterocycles. The SMILES string of the molecule is CC/C=C\C[C@@H](O)/C=C/C=C\C=C\[C@@H](O)C/C=C\C/C=C\CCC(=O)OC[C@H](COP(=O)(O)OCC[N+](C)(C)C)O/C=C/CCCCCCCC/C=C\CCCCCC. The van der Waals surface area contributed by atoms with Crippen LogP contribution in [0.1, 0.15) is 136 Å². The van der Waals surface area contributed by atoms with E-state index in [1.165, 1.54) is 64.2 Å². The summed E-state index contributed by atoms with van der Waals surface area (Å²) in [6.45, 7) is 4.47. The highest BCUT2D eigenvalue weighted by Crippen LogP contribution is 2.43. The number of ether oxygens (including phenoxy) is 2. The van der Waals surface area contributed by atoms with E-state index >= 15 is 0 Å². The summed E-state index contributed by atoms with van der Waals surface area (Å²) in [5.41, 5.74) is 0. The van der Waals surface area contributed by atoms with Gasteiger partial charge in [-0.05, 0) is 76.7 Å². The molecule has 11 heteroatoms. The van der Waals surface area contributed by atoms with Crippen molar-refractivity contribution in [3.05, 3.63) is 97.4 Å². The largest absolute Gasteiger partial charge is 0.492 e. The Morgan fingerprint density at radius 1 is 0.644 bits per heavy atom. The van der Waals surface area contributed by atoms with E-state index in [4.69, 9.17) is 18.5 Å². The molecule has 59 heavy (non-hydrogen) atoms. The van der Waals surface area contributed by atoms with Gasteiger partial charge in [-0.2, -0.15) is 0 Å². The molecule has 1 unspecified atom stereocenters. The number of esters is 1. The molecule has 4 atom stereocenters. The third kappa shape index (κ3) is 43.1. The fraction of sp³-hybridized carbons (Fsp3) is 0.646. The quantitative estimate of drug-likeness (QED) is 0.0105. The predicted molar refractivity (Wildman–Crippen MR) is 245 cm³/mol. The van der Waals surface area contributed by atoms with Gasteiger partial charge in [-0.25, -0.2) is 4.57 Å². The first kappa shape index (κ1) is 56.2. The van der Waals surface area contributed by atoms with E-state index in [2.05, 4.69) is 26.0 Å². The molecule has 0 bridgehead atoms. The smallest absolute Gasteiger partial charge is 0.472 e. The highest BCUT2D eigenvalue weighted by molar-refractivity contribution is 7.47. The summed E-state index contributed by atoms with van der Waals surface area (Å²) in [5.74, 6) is -0.410. The van der Waals surface area contributed by atoms with Gasteiger partial charge in [0, 0.05) is 6.42 Å². The van der Waals surface area contributed by atoms with Crippen molar-refractivity contribution >= 4 is 13.8 Å². The van der Waals surface area contributed by atoms with Gasteiger partial charge in [0.25, 0.3) is 0 Å². The van der Waals surface area contributed by atoms with Crippen LogP contribution in [0.5, 0.6) is 0 Å². The number of phosphoric acid groups is 1. The first-order chi connectivity index (χ1) is 28.4. The number of aliphatic hydroxyl groups is 2. The van der Waals surface area contributed by atoms with Crippen molar-refractivity contribution in [2.24, 2.45) is 0 Å². The molecule has 0 aliphatic carbocycles. The number of carbonyl (C=O) groups excluding carboxylic acids is 1. The number of hydrogen-bond acceptors (Lipinski definition) is 8. The monoisotopic (exact) mass is 849 g/mol. The third-order valence-corrected chi connectivity index (χ3v) is 9.88. The zero-order valence-corrected chi connectivity index (χ0v) is 38.3. The molecule has 0 saturated carbocycles. The van der Waals surface area contributed by atoms with Gasteiger partial charge in [0.05, 0.1) is 46.2 Å². The van der Waals surface area contributed by atoms with E-state index in [1.54, 1.807) is 30.6 Å². The summed E-state index contributed by atoms with van der Waals surface area (Å²) in [4.78, 5) is 22.7. The average molecular weight is 849 g/mol. The number of phosphoric ester groups is 1. The molecule has 0 spiro atoms. The fourth-order valence-electron chi connectivity index (χ4n) is 5.32. The van der Waals surface area contributed by atoms with Crippen molar-refractivity contribution in [2.45, 2.75) is 154 Å². The number of hydrogen-bond donors (Lipinski definition) is 3. The fourth-order valence-corrected chi connectivity index (χ4v) is 6.06. The second-order valence-electron chi connectivity index (χ2n) is 15.8. The summed E-state index contributed by atoms with van der Waals surface area (Å²) in [6, 6.07) is 0. The number of nitrogens with zero attached hydrogens (tertiary/aromatic N) is 1. The Morgan fingerprint density at radius 3 is 1.78 bits per heavy atom. The van der Waals surface area contributed by atoms with Gasteiger partial charge in [-0.1, -0.05) is 144 Å². The number of rotatable bonds is 39. The number of unbranched alkanes of at least 4 members (excludes halogenated alkanes) is 11. The molecule has 338 valence electrons. The summed E-state index contributed by atoms with van der Waals surface area (Å²) in [6.07, 6.45) is 47.6. The Kier molecular flexibility index (Phi) is 37.4. The Bertz CT molecular complexity index is 1300. The van der Waals surface area contributed by atoms with Crippen molar-refractivity contribution in [2.75, 3.05) is 47.5 Å². The minimum absolute atomic E-state index is 0.0538. The van der Waals surface area contributed by atoms with E-state index in [0.717, 1.165) is 25.7 Å². The van der Waals surface area contributed by atoms with E-state index in [-0.39, 0.29) is 26.2 Å². The van der Waals surface area contributed by atoms with E-state index in [1.807, 2.05) is 75.8 Å². The van der Waals surface area contributed by atoms with Crippen LogP contribution in [0.15, 0.2) is 97.4 Å². The van der Waals surface area contributed by atoms with Gasteiger partial charge >= 0.3 is 13.8 Å². The number of allylic oxidation sites excluding steroid dienone is 11. The molecule has 0 saturated heterocycles. The molecule has 0 aliphatic rings. The van der Waals surface area contributed by atoms with Crippen molar-refractivity contribution < 1.29 is 47.5 Å². The Hall–Kier alpha value is -2.82. The lowest BCUT2D eigenvalue weighted by Crippen LogP contribution is -2.37. The molecule has 0 radical (unpaired) electrons. The van der Waals surface area contributed by atoms with Crippen LogP contribution in [-0.4, -0.2) is 91.4 Å². The van der Waals surface area contributed by atoms with Crippen molar-refractivity contribution in [3.8, 4) is 0 Å². The highest BCUT2D eigenvalue weighted by Gasteiger charge is 2.25. The lowest BCUT2D eigenvalue weighted by molar-refractivity contribution is -0.870. The van der Waals surface area contributed by atoms with Crippen molar-refractivity contribution in [3.63, 3.8) is 0 Å². The van der Waals surface area contributed by atoms with Crippen molar-refractivity contribution in [1.82, 2.24) is 0 Å². The number of quaternary nitrogens is 1. The molecular weight excluding hydrogens is 765 g/mol. The second kappa shape index (κ2) is 39.3. The lowest BCUT2D eigenvalue weighted by Gasteiger charge is -2.24. The molecule has 0 rings (SSSR count). The maximum Gasteiger partial charge on any atom is 0.472 e. The molecule has 0 aromatic carbocycles. The first-order valence-electron chi connectivity index (χ1n) is 22.2. The topological polar surface area (TPSA) is 132 Å². The van der Waals surface area contributed by atoms with Crippen LogP contribution >= 0.6 is 7.82 Å². The van der Waals surface area contributed by atoms with E-state index < -0.39 is 32.1 Å². The summed E-state index contributed by atoms with van der Waals surface area (Å²) in [5, 5.41) is 20.0. The van der Waals surface area contributed by atoms with Crippen LogP contribution in [0.4, 0.5) is 0 Å². The van der Waals surface area contributed by atoms with Gasteiger partial charge in [-0.3, -0.25) is 13.8 Å². The van der Waals surface area contributed by atoms with Gasteiger partial charge in [-0.15, -0.1) is 0 Å². The van der Waals surface area contributed by atoms with Crippen LogP contribution in [0.2, 0.25) is 0 Å². The van der Waals surface area contributed by atoms with Gasteiger partial charge in [0.15, 0.2) is 6.10 Å². The second-order valence-corrected chi connectivity index (χ2v) is 17.3.